The SMILES string of the molecule is [2H]Cc1ccc(-n2nc(C(C)(C)C)cc2NC(=O)Nc2ccc(Cl)cc2)cc1. The molecular formula is C21H23ClN4O. The van der Waals surface area contributed by atoms with E-state index < -0.39 is 0 Å². The Labute approximate surface area is 165 Å². The van der Waals surface area contributed by atoms with Gasteiger partial charge in [-0.3, -0.25) is 5.32 Å². The molecule has 1 aromatic heterocycles. The molecule has 6 heteroatoms. The smallest absolute Gasteiger partial charge is 0.308 e. The van der Waals surface area contributed by atoms with Gasteiger partial charge in [0.1, 0.15) is 5.82 Å². The number of nitrogens with one attached hydrogen (secondary N) is 2. The highest BCUT2D eigenvalue weighted by Crippen LogP contribution is 2.26. The zero-order chi connectivity index (χ0) is 20.3. The van der Waals surface area contributed by atoms with Crippen LogP contribution in [0.4, 0.5) is 16.3 Å². The molecule has 0 aliphatic carbocycles. The molecule has 2 N–H and O–H groups in total. The van der Waals surface area contributed by atoms with Crippen LogP contribution >= 0.6 is 11.6 Å². The van der Waals surface area contributed by atoms with Gasteiger partial charge in [-0.25, -0.2) is 9.48 Å². The van der Waals surface area contributed by atoms with Crippen molar-refractivity contribution >= 4 is 29.1 Å². The minimum atomic E-state index is -0.369. The van der Waals surface area contributed by atoms with Crippen molar-refractivity contribution < 1.29 is 6.17 Å². The van der Waals surface area contributed by atoms with E-state index in [1.54, 1.807) is 28.9 Å². The highest BCUT2D eigenvalue weighted by molar-refractivity contribution is 6.30. The Morgan fingerprint density at radius 3 is 2.33 bits per heavy atom. The summed E-state index contributed by atoms with van der Waals surface area (Å²) < 4.78 is 9.17. The molecule has 0 unspecified atom stereocenters. The second kappa shape index (κ2) is 7.45. The molecule has 0 fully saturated rings. The summed E-state index contributed by atoms with van der Waals surface area (Å²) in [7, 11) is 0. The summed E-state index contributed by atoms with van der Waals surface area (Å²) in [6, 6.07) is 16.0. The number of rotatable bonds is 3. The standard InChI is InChI=1S/C21H23ClN4O/c1-14-5-11-17(12-6-14)26-19(13-18(25-26)21(2,3)4)24-20(27)23-16-9-7-15(22)8-10-16/h5-13H,1-4H3,(H2,23,24,27)/i1D. The van der Waals surface area contributed by atoms with Crippen LogP contribution in [0.25, 0.3) is 5.69 Å². The Bertz CT molecular complexity index is 960. The van der Waals surface area contributed by atoms with Crippen molar-refractivity contribution in [3.8, 4) is 5.69 Å². The summed E-state index contributed by atoms with van der Waals surface area (Å²) in [5.74, 6) is 0.565. The topological polar surface area (TPSA) is 59.0 Å². The quantitative estimate of drug-likeness (QED) is 0.602. The van der Waals surface area contributed by atoms with Crippen LogP contribution in [0, 0.1) is 6.90 Å². The van der Waals surface area contributed by atoms with Crippen LogP contribution in [0.2, 0.25) is 5.02 Å². The van der Waals surface area contributed by atoms with Crippen LogP contribution in [0.1, 0.15) is 33.4 Å². The van der Waals surface area contributed by atoms with Crippen molar-refractivity contribution in [3.05, 3.63) is 70.9 Å². The average molecular weight is 384 g/mol. The first-order valence-corrected chi connectivity index (χ1v) is 8.97. The number of halogens is 1. The Kier molecular flexibility index (Phi) is 4.86. The van der Waals surface area contributed by atoms with E-state index in [2.05, 4.69) is 36.5 Å². The number of hydrogen-bond donors (Lipinski definition) is 2. The number of amides is 2. The molecule has 140 valence electrons. The molecule has 0 radical (unpaired) electrons. The lowest BCUT2D eigenvalue weighted by atomic mass is 9.92. The molecule has 1 heterocycles. The number of aryl methyl sites for hydroxylation is 1. The van der Waals surface area contributed by atoms with E-state index in [9.17, 15) is 4.79 Å². The van der Waals surface area contributed by atoms with E-state index >= 15 is 0 Å². The minimum Gasteiger partial charge on any atom is -0.308 e. The second-order valence-electron chi connectivity index (χ2n) is 7.33. The molecule has 0 aliphatic rings. The van der Waals surface area contributed by atoms with Crippen LogP contribution in [0.3, 0.4) is 0 Å². The predicted octanol–water partition coefficient (Wildman–Crippen LogP) is 5.78. The molecule has 0 saturated heterocycles. The summed E-state index contributed by atoms with van der Waals surface area (Å²) in [4.78, 5) is 12.5. The third kappa shape index (κ3) is 4.68. The number of benzene rings is 2. The van der Waals surface area contributed by atoms with Gasteiger partial charge >= 0.3 is 6.03 Å². The summed E-state index contributed by atoms with van der Waals surface area (Å²) in [6.45, 7) is 6.43. The fourth-order valence-corrected chi connectivity index (χ4v) is 2.61. The molecule has 2 aromatic carbocycles. The third-order valence-electron chi connectivity index (χ3n) is 4.00. The van der Waals surface area contributed by atoms with Crippen LogP contribution < -0.4 is 10.6 Å². The highest BCUT2D eigenvalue weighted by Gasteiger charge is 2.21. The Morgan fingerprint density at radius 2 is 1.74 bits per heavy atom. The fraction of sp³-hybridized carbons (Fsp3) is 0.238. The van der Waals surface area contributed by atoms with Gasteiger partial charge in [0.2, 0.25) is 0 Å². The van der Waals surface area contributed by atoms with E-state index in [0.717, 1.165) is 16.9 Å². The minimum absolute atomic E-state index is 0.171. The van der Waals surface area contributed by atoms with Crippen molar-refractivity contribution in [2.24, 2.45) is 0 Å². The van der Waals surface area contributed by atoms with Gasteiger partial charge in [-0.1, -0.05) is 50.1 Å². The summed E-state index contributed by atoms with van der Waals surface area (Å²) in [5, 5.41) is 11.0. The summed E-state index contributed by atoms with van der Waals surface area (Å²) in [5.41, 5.74) is 3.06. The van der Waals surface area contributed by atoms with E-state index in [1.807, 2.05) is 30.3 Å². The molecule has 0 atom stereocenters. The number of nitrogens with zero attached hydrogens (tertiary/aromatic N) is 2. The van der Waals surface area contributed by atoms with E-state index in [1.165, 1.54) is 0 Å². The molecule has 0 saturated carbocycles. The number of anilines is 2. The number of hydrogen-bond acceptors (Lipinski definition) is 2. The number of carbonyl (C=O) groups is 1. The van der Waals surface area contributed by atoms with Crippen molar-refractivity contribution in [2.45, 2.75) is 33.1 Å². The summed E-state index contributed by atoms with van der Waals surface area (Å²) in [6.07, 6.45) is 0. The van der Waals surface area contributed by atoms with Gasteiger partial charge in [-0.05, 0) is 43.3 Å². The average Bonchev–Trinajstić information content (AvgIpc) is 3.08. The van der Waals surface area contributed by atoms with Gasteiger partial charge in [-0.15, -0.1) is 0 Å². The van der Waals surface area contributed by atoms with Gasteiger partial charge in [0.25, 0.3) is 0 Å². The van der Waals surface area contributed by atoms with Crippen molar-refractivity contribution in [3.63, 3.8) is 0 Å². The van der Waals surface area contributed by atoms with Gasteiger partial charge < -0.3 is 5.32 Å². The van der Waals surface area contributed by atoms with Gasteiger partial charge in [0.05, 0.1) is 11.4 Å². The maximum Gasteiger partial charge on any atom is 0.324 e. The van der Waals surface area contributed by atoms with Crippen LogP contribution in [0.5, 0.6) is 0 Å². The monoisotopic (exact) mass is 383 g/mol. The normalized spacial score (nSPS) is 11.8. The first kappa shape index (κ1) is 17.6. The molecule has 0 spiro atoms. The lowest BCUT2D eigenvalue weighted by molar-refractivity contribution is 0.262. The van der Waals surface area contributed by atoms with Crippen LogP contribution in [-0.2, 0) is 5.41 Å². The van der Waals surface area contributed by atoms with E-state index in [4.69, 9.17) is 13.0 Å². The number of carbonyl (C=O) groups excluding carboxylic acids is 1. The lowest BCUT2D eigenvalue weighted by Gasteiger charge is -2.14. The second-order valence-corrected chi connectivity index (χ2v) is 7.77. The molecule has 5 nitrogen and oxygen atoms in total. The molecule has 3 aromatic rings. The van der Waals surface area contributed by atoms with Gasteiger partial charge in [0.15, 0.2) is 0 Å². The van der Waals surface area contributed by atoms with Gasteiger partial charge in [-0.2, -0.15) is 5.10 Å². The Hall–Kier alpha value is -2.79. The number of urea groups is 1. The lowest BCUT2D eigenvalue weighted by Crippen LogP contribution is -2.21. The van der Waals surface area contributed by atoms with Crippen molar-refractivity contribution in [1.82, 2.24) is 9.78 Å². The van der Waals surface area contributed by atoms with Crippen molar-refractivity contribution in [2.75, 3.05) is 10.6 Å². The maximum absolute atomic E-state index is 12.5. The Balaban J connectivity index is 1.88. The molecule has 0 aliphatic heterocycles. The highest BCUT2D eigenvalue weighted by atomic mass is 35.5. The third-order valence-corrected chi connectivity index (χ3v) is 4.25. The molecule has 27 heavy (non-hydrogen) atoms. The first-order chi connectivity index (χ1) is 13.3. The largest absolute Gasteiger partial charge is 0.324 e. The Morgan fingerprint density at radius 1 is 1.07 bits per heavy atom. The van der Waals surface area contributed by atoms with Crippen LogP contribution in [-0.4, -0.2) is 15.8 Å². The molecule has 0 bridgehead atoms. The van der Waals surface area contributed by atoms with Crippen molar-refractivity contribution in [1.29, 1.82) is 0 Å². The maximum atomic E-state index is 12.5. The molecular weight excluding hydrogens is 360 g/mol. The summed E-state index contributed by atoms with van der Waals surface area (Å²) >= 11 is 5.88. The van der Waals surface area contributed by atoms with Gasteiger partial charge in [0, 0.05) is 23.6 Å². The molecule has 2 amide bonds. The van der Waals surface area contributed by atoms with E-state index in [0.29, 0.717) is 16.5 Å². The zero-order valence-corrected chi connectivity index (χ0v) is 16.3. The zero-order valence-electron chi connectivity index (χ0n) is 16.6. The van der Waals surface area contributed by atoms with Crippen LogP contribution in [0.15, 0.2) is 54.6 Å². The first-order valence-electron chi connectivity index (χ1n) is 9.29. The fourth-order valence-electron chi connectivity index (χ4n) is 2.48. The predicted molar refractivity (Wildman–Crippen MR) is 111 cm³/mol. The molecule has 3 rings (SSSR count). The number of aromatic nitrogens is 2. The van der Waals surface area contributed by atoms with E-state index in [-0.39, 0.29) is 18.3 Å².